The number of nitrogens with one attached hydrogen (secondary N) is 1. The zero-order valence-corrected chi connectivity index (χ0v) is 17.3. The van der Waals surface area contributed by atoms with Crippen molar-refractivity contribution in [1.29, 1.82) is 0 Å². The average molecular weight is 380 g/mol. The summed E-state index contributed by atoms with van der Waals surface area (Å²) in [5.74, 6) is 2.75. The predicted octanol–water partition coefficient (Wildman–Crippen LogP) is 1.53. The zero-order chi connectivity index (χ0) is 18.4. The van der Waals surface area contributed by atoms with E-state index in [9.17, 15) is 0 Å². The Labute approximate surface area is 161 Å². The summed E-state index contributed by atoms with van der Waals surface area (Å²) in [5, 5.41) is 4.68. The fraction of sp³-hybridized carbons (Fsp3) is 0.833. The molecule has 7 nitrogen and oxygen atoms in total. The molecule has 2 saturated heterocycles. The second kappa shape index (κ2) is 9.50. The Morgan fingerprint density at radius 3 is 2.69 bits per heavy atom. The summed E-state index contributed by atoms with van der Waals surface area (Å²) in [6, 6.07) is 0. The number of rotatable bonds is 6. The third kappa shape index (κ3) is 4.85. The molecule has 8 heteroatoms. The van der Waals surface area contributed by atoms with E-state index in [4.69, 9.17) is 0 Å². The Hall–Kier alpha value is -1.41. The van der Waals surface area contributed by atoms with Crippen molar-refractivity contribution in [2.45, 2.75) is 33.1 Å². The van der Waals surface area contributed by atoms with Crippen LogP contribution < -0.4 is 10.2 Å². The van der Waals surface area contributed by atoms with Gasteiger partial charge in [-0.3, -0.25) is 4.99 Å². The quantitative estimate of drug-likeness (QED) is 0.597. The van der Waals surface area contributed by atoms with Crippen molar-refractivity contribution in [2.75, 3.05) is 64.3 Å². The summed E-state index contributed by atoms with van der Waals surface area (Å²) in [6.45, 7) is 13.0. The van der Waals surface area contributed by atoms with Crippen LogP contribution in [0.15, 0.2) is 4.99 Å². The Morgan fingerprint density at radius 1 is 1.23 bits per heavy atom. The van der Waals surface area contributed by atoms with Gasteiger partial charge < -0.3 is 20.0 Å². The van der Waals surface area contributed by atoms with Gasteiger partial charge >= 0.3 is 0 Å². The lowest BCUT2D eigenvalue weighted by molar-refractivity contribution is 0.322. The number of likely N-dealkylation sites (tertiary alicyclic amines) is 1. The number of aryl methyl sites for hydroxylation is 1. The number of aliphatic imine (C=N–C) groups is 1. The van der Waals surface area contributed by atoms with Gasteiger partial charge in [-0.05, 0) is 31.8 Å². The Kier molecular flexibility index (Phi) is 7.07. The van der Waals surface area contributed by atoms with E-state index in [-0.39, 0.29) is 0 Å². The molecule has 0 spiro atoms. The van der Waals surface area contributed by atoms with Crippen LogP contribution in [-0.2, 0) is 6.42 Å². The molecule has 0 bridgehead atoms. The van der Waals surface area contributed by atoms with Crippen molar-refractivity contribution in [3.63, 3.8) is 0 Å². The highest BCUT2D eigenvalue weighted by molar-refractivity contribution is 7.09. The summed E-state index contributed by atoms with van der Waals surface area (Å²) in [5.41, 5.74) is 0. The average Bonchev–Trinajstić information content (AvgIpc) is 3.32. The lowest BCUT2D eigenvalue weighted by Gasteiger charge is -2.36. The van der Waals surface area contributed by atoms with Gasteiger partial charge in [0.1, 0.15) is 5.82 Å². The molecule has 0 saturated carbocycles. The van der Waals surface area contributed by atoms with E-state index < -0.39 is 0 Å². The standard InChI is InChI=1S/C18H33N7S/c1-4-7-23-8-6-15(14-23)13-20-17(19-3)24-9-11-25(12-10-24)18-21-16(5-2)22-26-18/h15H,4-14H2,1-3H3,(H,19,20). The molecule has 1 aromatic heterocycles. The van der Waals surface area contributed by atoms with Crippen LogP contribution in [0, 0.1) is 5.92 Å². The van der Waals surface area contributed by atoms with Gasteiger partial charge in [-0.25, -0.2) is 4.98 Å². The first kappa shape index (κ1) is 19.4. The van der Waals surface area contributed by atoms with Crippen LogP contribution in [0.1, 0.15) is 32.5 Å². The minimum absolute atomic E-state index is 0.744. The largest absolute Gasteiger partial charge is 0.356 e. The highest BCUT2D eigenvalue weighted by atomic mass is 32.1. The minimum atomic E-state index is 0.744. The summed E-state index contributed by atoms with van der Waals surface area (Å²) < 4.78 is 4.41. The molecule has 1 aromatic rings. The fourth-order valence-electron chi connectivity index (χ4n) is 3.79. The molecule has 2 fully saturated rings. The van der Waals surface area contributed by atoms with Crippen molar-refractivity contribution in [2.24, 2.45) is 10.9 Å². The minimum Gasteiger partial charge on any atom is -0.356 e. The summed E-state index contributed by atoms with van der Waals surface area (Å²) in [4.78, 5) is 16.4. The molecule has 26 heavy (non-hydrogen) atoms. The Balaban J connectivity index is 1.43. The fourth-order valence-corrected chi connectivity index (χ4v) is 4.59. The number of guanidine groups is 1. The van der Waals surface area contributed by atoms with Gasteiger partial charge in [0, 0.05) is 64.3 Å². The van der Waals surface area contributed by atoms with Crippen LogP contribution in [-0.4, -0.2) is 84.5 Å². The number of piperazine rings is 1. The van der Waals surface area contributed by atoms with E-state index in [2.05, 4.69) is 48.2 Å². The topological polar surface area (TPSA) is 59.9 Å². The molecule has 0 radical (unpaired) electrons. The first-order valence-electron chi connectivity index (χ1n) is 9.99. The van der Waals surface area contributed by atoms with Crippen LogP contribution >= 0.6 is 11.5 Å². The molecule has 1 N–H and O–H groups in total. The molecular weight excluding hydrogens is 346 g/mol. The highest BCUT2D eigenvalue weighted by Crippen LogP contribution is 2.19. The molecular formula is C18H33N7S. The maximum atomic E-state index is 4.62. The molecule has 146 valence electrons. The van der Waals surface area contributed by atoms with Crippen LogP contribution in [0.4, 0.5) is 5.13 Å². The van der Waals surface area contributed by atoms with Gasteiger partial charge in [0.05, 0.1) is 0 Å². The second-order valence-corrected chi connectivity index (χ2v) is 7.93. The second-order valence-electron chi connectivity index (χ2n) is 7.20. The molecule has 0 amide bonds. The molecule has 1 unspecified atom stereocenters. The van der Waals surface area contributed by atoms with Crippen molar-refractivity contribution in [3.05, 3.63) is 5.82 Å². The first-order valence-corrected chi connectivity index (χ1v) is 10.8. The normalized spacial score (nSPS) is 22.3. The number of nitrogens with zero attached hydrogens (tertiary/aromatic N) is 6. The van der Waals surface area contributed by atoms with E-state index in [1.165, 1.54) is 44.0 Å². The van der Waals surface area contributed by atoms with E-state index in [0.29, 0.717) is 0 Å². The monoisotopic (exact) mass is 379 g/mol. The van der Waals surface area contributed by atoms with Crippen LogP contribution in [0.3, 0.4) is 0 Å². The van der Waals surface area contributed by atoms with Gasteiger partial charge in [0.15, 0.2) is 5.96 Å². The smallest absolute Gasteiger partial charge is 0.205 e. The predicted molar refractivity (Wildman–Crippen MR) is 109 cm³/mol. The van der Waals surface area contributed by atoms with Crippen molar-refractivity contribution in [1.82, 2.24) is 24.5 Å². The molecule has 2 aliphatic heterocycles. The van der Waals surface area contributed by atoms with E-state index in [1.807, 2.05) is 7.05 Å². The van der Waals surface area contributed by atoms with Crippen LogP contribution in [0.2, 0.25) is 0 Å². The molecule has 3 heterocycles. The third-order valence-electron chi connectivity index (χ3n) is 5.29. The maximum absolute atomic E-state index is 4.62. The lowest BCUT2D eigenvalue weighted by Crippen LogP contribution is -2.53. The van der Waals surface area contributed by atoms with Gasteiger partial charge in [-0.2, -0.15) is 4.37 Å². The number of aromatic nitrogens is 2. The van der Waals surface area contributed by atoms with E-state index >= 15 is 0 Å². The summed E-state index contributed by atoms with van der Waals surface area (Å²) in [7, 11) is 1.89. The van der Waals surface area contributed by atoms with Crippen molar-refractivity contribution >= 4 is 22.6 Å². The van der Waals surface area contributed by atoms with Crippen molar-refractivity contribution < 1.29 is 0 Å². The highest BCUT2D eigenvalue weighted by Gasteiger charge is 2.24. The van der Waals surface area contributed by atoms with E-state index in [0.717, 1.165) is 62.0 Å². The number of anilines is 1. The first-order chi connectivity index (χ1) is 12.7. The molecule has 3 rings (SSSR count). The van der Waals surface area contributed by atoms with Crippen molar-refractivity contribution in [3.8, 4) is 0 Å². The molecule has 1 atom stereocenters. The lowest BCUT2D eigenvalue weighted by atomic mass is 10.1. The third-order valence-corrected chi connectivity index (χ3v) is 6.11. The zero-order valence-electron chi connectivity index (χ0n) is 16.4. The molecule has 0 aliphatic carbocycles. The van der Waals surface area contributed by atoms with Gasteiger partial charge in [-0.1, -0.05) is 13.8 Å². The van der Waals surface area contributed by atoms with Gasteiger partial charge in [0.2, 0.25) is 5.13 Å². The molecule has 2 aliphatic rings. The number of hydrogen-bond donors (Lipinski definition) is 1. The number of hydrogen-bond acceptors (Lipinski definition) is 6. The molecule has 0 aromatic carbocycles. The Morgan fingerprint density at radius 2 is 2.04 bits per heavy atom. The van der Waals surface area contributed by atoms with Gasteiger partial charge in [-0.15, -0.1) is 0 Å². The SMILES string of the molecule is CCCN1CCC(CNC(=NC)N2CCN(c3nc(CC)ns3)CC2)C1. The van der Waals surface area contributed by atoms with Crippen LogP contribution in [0.5, 0.6) is 0 Å². The van der Waals surface area contributed by atoms with Gasteiger partial charge in [0.25, 0.3) is 0 Å². The van der Waals surface area contributed by atoms with E-state index in [1.54, 1.807) is 0 Å². The summed E-state index contributed by atoms with van der Waals surface area (Å²) >= 11 is 1.52. The van der Waals surface area contributed by atoms with Crippen LogP contribution in [0.25, 0.3) is 0 Å². The Bertz CT molecular complexity index is 580. The summed E-state index contributed by atoms with van der Waals surface area (Å²) in [6.07, 6.45) is 3.46. The maximum Gasteiger partial charge on any atom is 0.205 e.